The first kappa shape index (κ1) is 21.0. The Hall–Kier alpha value is -3.28. The largest absolute Gasteiger partial charge is 0.497 e. The van der Waals surface area contributed by atoms with Crippen molar-refractivity contribution in [3.63, 3.8) is 0 Å². The number of hydrogen-bond acceptors (Lipinski definition) is 4. The predicted octanol–water partition coefficient (Wildman–Crippen LogP) is 3.84. The van der Waals surface area contributed by atoms with Crippen LogP contribution in [0, 0.1) is 0 Å². The molecule has 0 aromatic heterocycles. The summed E-state index contributed by atoms with van der Waals surface area (Å²) in [5.74, 6) is 0.924. The monoisotopic (exact) mass is 382 g/mol. The molecule has 148 valence electrons. The number of methoxy groups -OCH3 is 2. The van der Waals surface area contributed by atoms with Gasteiger partial charge in [-0.25, -0.2) is 0 Å². The van der Waals surface area contributed by atoms with Crippen molar-refractivity contribution in [2.75, 3.05) is 32.6 Å². The van der Waals surface area contributed by atoms with Gasteiger partial charge in [-0.2, -0.15) is 0 Å². The van der Waals surface area contributed by atoms with E-state index < -0.39 is 0 Å². The van der Waals surface area contributed by atoms with Crippen LogP contribution >= 0.6 is 0 Å². The standard InChI is InChI=1S/C22H26N2O4/c1-5-24(6-2)22(26)17-8-7-9-18(14-17)23-21(25)13-11-16-10-12-19(27-3)15-20(16)28-4/h7-15H,5-6H2,1-4H3,(H,23,25). The van der Waals surface area contributed by atoms with E-state index in [1.807, 2.05) is 19.9 Å². The Bertz CT molecular complexity index is 857. The minimum absolute atomic E-state index is 0.0559. The van der Waals surface area contributed by atoms with Crippen molar-refractivity contribution in [1.29, 1.82) is 0 Å². The Morgan fingerprint density at radius 1 is 1.04 bits per heavy atom. The second-order valence-electron chi connectivity index (χ2n) is 5.99. The van der Waals surface area contributed by atoms with Crippen LogP contribution in [-0.4, -0.2) is 44.0 Å². The van der Waals surface area contributed by atoms with Gasteiger partial charge in [0.25, 0.3) is 5.91 Å². The van der Waals surface area contributed by atoms with Crippen molar-refractivity contribution in [3.05, 3.63) is 59.7 Å². The van der Waals surface area contributed by atoms with Crippen LogP contribution in [0.25, 0.3) is 6.08 Å². The predicted molar refractivity (Wildman–Crippen MR) is 111 cm³/mol. The third-order valence-corrected chi connectivity index (χ3v) is 4.28. The van der Waals surface area contributed by atoms with Crippen LogP contribution in [0.15, 0.2) is 48.5 Å². The van der Waals surface area contributed by atoms with Crippen molar-refractivity contribution in [2.45, 2.75) is 13.8 Å². The lowest BCUT2D eigenvalue weighted by Crippen LogP contribution is -2.30. The number of carbonyl (C=O) groups excluding carboxylic acids is 2. The van der Waals surface area contributed by atoms with E-state index in [1.165, 1.54) is 6.08 Å². The second kappa shape index (κ2) is 10.2. The number of carbonyl (C=O) groups is 2. The second-order valence-corrected chi connectivity index (χ2v) is 5.99. The minimum Gasteiger partial charge on any atom is -0.497 e. The molecule has 0 atom stereocenters. The van der Waals surface area contributed by atoms with Crippen molar-refractivity contribution in [1.82, 2.24) is 4.90 Å². The topological polar surface area (TPSA) is 67.9 Å². The quantitative estimate of drug-likeness (QED) is 0.705. The lowest BCUT2D eigenvalue weighted by atomic mass is 10.1. The molecule has 6 nitrogen and oxygen atoms in total. The number of benzene rings is 2. The smallest absolute Gasteiger partial charge is 0.253 e. The van der Waals surface area contributed by atoms with Crippen LogP contribution in [0.2, 0.25) is 0 Å². The highest BCUT2D eigenvalue weighted by atomic mass is 16.5. The molecule has 0 saturated carbocycles. The molecule has 0 bridgehead atoms. The molecular formula is C22H26N2O4. The van der Waals surface area contributed by atoms with Gasteiger partial charge in [-0.05, 0) is 50.3 Å². The number of anilines is 1. The zero-order chi connectivity index (χ0) is 20.5. The highest BCUT2D eigenvalue weighted by Gasteiger charge is 2.13. The fourth-order valence-electron chi connectivity index (χ4n) is 2.73. The summed E-state index contributed by atoms with van der Waals surface area (Å²) >= 11 is 0. The van der Waals surface area contributed by atoms with E-state index in [2.05, 4.69) is 5.32 Å². The van der Waals surface area contributed by atoms with Gasteiger partial charge in [0.1, 0.15) is 11.5 Å². The summed E-state index contributed by atoms with van der Waals surface area (Å²) in [6.07, 6.45) is 3.09. The van der Waals surface area contributed by atoms with Crippen LogP contribution in [0.5, 0.6) is 11.5 Å². The average Bonchev–Trinajstić information content (AvgIpc) is 2.73. The zero-order valence-corrected chi connectivity index (χ0v) is 16.7. The molecule has 2 aromatic rings. The lowest BCUT2D eigenvalue weighted by Gasteiger charge is -2.18. The summed E-state index contributed by atoms with van der Waals surface area (Å²) < 4.78 is 10.5. The summed E-state index contributed by atoms with van der Waals surface area (Å²) in [5.41, 5.74) is 1.86. The summed E-state index contributed by atoms with van der Waals surface area (Å²) in [6.45, 7) is 5.15. The maximum absolute atomic E-state index is 12.5. The van der Waals surface area contributed by atoms with Gasteiger partial charge in [0.2, 0.25) is 5.91 Å². The fraction of sp³-hybridized carbons (Fsp3) is 0.273. The molecule has 0 saturated heterocycles. The van der Waals surface area contributed by atoms with Gasteiger partial charge in [-0.1, -0.05) is 6.07 Å². The van der Waals surface area contributed by atoms with E-state index in [0.717, 1.165) is 5.56 Å². The summed E-state index contributed by atoms with van der Waals surface area (Å²) in [6, 6.07) is 12.3. The Morgan fingerprint density at radius 2 is 1.79 bits per heavy atom. The molecule has 0 heterocycles. The van der Waals surface area contributed by atoms with Gasteiger partial charge in [-0.3, -0.25) is 9.59 Å². The Balaban J connectivity index is 2.10. The number of nitrogens with zero attached hydrogens (tertiary/aromatic N) is 1. The van der Waals surface area contributed by atoms with Gasteiger partial charge >= 0.3 is 0 Å². The summed E-state index contributed by atoms with van der Waals surface area (Å²) in [5, 5.41) is 2.78. The van der Waals surface area contributed by atoms with Crippen LogP contribution in [0.1, 0.15) is 29.8 Å². The molecule has 0 fully saturated rings. The van der Waals surface area contributed by atoms with E-state index in [-0.39, 0.29) is 11.8 Å². The molecular weight excluding hydrogens is 356 g/mol. The molecule has 6 heteroatoms. The summed E-state index contributed by atoms with van der Waals surface area (Å²) in [4.78, 5) is 26.5. The lowest BCUT2D eigenvalue weighted by molar-refractivity contribution is -0.111. The maximum Gasteiger partial charge on any atom is 0.253 e. The van der Waals surface area contributed by atoms with Crippen molar-refractivity contribution < 1.29 is 19.1 Å². The molecule has 2 amide bonds. The third-order valence-electron chi connectivity index (χ3n) is 4.28. The molecule has 0 aliphatic heterocycles. The van der Waals surface area contributed by atoms with Crippen molar-refractivity contribution >= 4 is 23.6 Å². The molecule has 0 spiro atoms. The molecule has 1 N–H and O–H groups in total. The van der Waals surface area contributed by atoms with E-state index in [1.54, 1.807) is 61.6 Å². The molecule has 28 heavy (non-hydrogen) atoms. The molecule has 0 aliphatic carbocycles. The molecule has 0 radical (unpaired) electrons. The number of amides is 2. The fourth-order valence-corrected chi connectivity index (χ4v) is 2.73. The van der Waals surface area contributed by atoms with Crippen molar-refractivity contribution in [3.8, 4) is 11.5 Å². The van der Waals surface area contributed by atoms with E-state index in [0.29, 0.717) is 35.8 Å². The van der Waals surface area contributed by atoms with Crippen LogP contribution < -0.4 is 14.8 Å². The molecule has 0 aliphatic rings. The van der Waals surface area contributed by atoms with Gasteiger partial charge in [0.05, 0.1) is 14.2 Å². The third kappa shape index (κ3) is 5.36. The highest BCUT2D eigenvalue weighted by Crippen LogP contribution is 2.25. The normalized spacial score (nSPS) is 10.6. The van der Waals surface area contributed by atoms with Gasteiger partial charge in [0, 0.05) is 42.0 Å². The van der Waals surface area contributed by atoms with Crippen LogP contribution in [0.4, 0.5) is 5.69 Å². The Kier molecular flexibility index (Phi) is 7.63. The first-order valence-corrected chi connectivity index (χ1v) is 9.12. The number of rotatable bonds is 8. The Morgan fingerprint density at radius 3 is 2.43 bits per heavy atom. The van der Waals surface area contributed by atoms with Gasteiger partial charge in [0.15, 0.2) is 0 Å². The van der Waals surface area contributed by atoms with Crippen LogP contribution in [-0.2, 0) is 4.79 Å². The number of nitrogens with one attached hydrogen (secondary N) is 1. The van der Waals surface area contributed by atoms with Gasteiger partial charge in [-0.15, -0.1) is 0 Å². The van der Waals surface area contributed by atoms with E-state index in [4.69, 9.17) is 9.47 Å². The first-order valence-electron chi connectivity index (χ1n) is 9.12. The average molecular weight is 382 g/mol. The number of ether oxygens (including phenoxy) is 2. The van der Waals surface area contributed by atoms with Crippen LogP contribution in [0.3, 0.4) is 0 Å². The maximum atomic E-state index is 12.5. The van der Waals surface area contributed by atoms with E-state index in [9.17, 15) is 9.59 Å². The molecule has 2 aromatic carbocycles. The Labute approximate surface area is 165 Å². The number of hydrogen-bond donors (Lipinski definition) is 1. The van der Waals surface area contributed by atoms with Gasteiger partial charge < -0.3 is 19.7 Å². The van der Waals surface area contributed by atoms with Crippen molar-refractivity contribution in [2.24, 2.45) is 0 Å². The molecule has 2 rings (SSSR count). The molecule has 0 unspecified atom stereocenters. The minimum atomic E-state index is -0.301. The highest BCUT2D eigenvalue weighted by molar-refractivity contribution is 6.03. The summed E-state index contributed by atoms with van der Waals surface area (Å²) in [7, 11) is 3.14. The zero-order valence-electron chi connectivity index (χ0n) is 16.7. The first-order chi connectivity index (χ1) is 13.5. The van der Waals surface area contributed by atoms with E-state index >= 15 is 0 Å². The SMILES string of the molecule is CCN(CC)C(=O)c1cccc(NC(=O)C=Cc2ccc(OC)cc2OC)c1.